The molecular weight excluding hydrogens is 393 g/mol. The number of nitrogens with two attached hydrogens (primary N) is 1. The SMILES string of the molecule is NC1=C(F)CC(c2cc(CC3CNCCO3)ccc2N2CCC(O)(C3CC3)CC2)C=C1. The Bertz CT molecular complexity index is 866. The van der Waals surface area contributed by atoms with Crippen LogP contribution in [0, 0.1) is 5.92 Å². The summed E-state index contributed by atoms with van der Waals surface area (Å²) >= 11 is 0. The van der Waals surface area contributed by atoms with Crippen molar-refractivity contribution in [3.8, 4) is 0 Å². The quantitative estimate of drug-likeness (QED) is 0.674. The van der Waals surface area contributed by atoms with Crippen molar-refractivity contribution in [3.05, 3.63) is 53.0 Å². The lowest BCUT2D eigenvalue weighted by atomic mass is 9.84. The van der Waals surface area contributed by atoms with Crippen molar-refractivity contribution in [2.45, 2.75) is 56.1 Å². The van der Waals surface area contributed by atoms with Gasteiger partial charge in [-0.25, -0.2) is 4.39 Å². The van der Waals surface area contributed by atoms with E-state index in [-0.39, 0.29) is 23.5 Å². The van der Waals surface area contributed by atoms with Gasteiger partial charge < -0.3 is 25.8 Å². The Morgan fingerprint density at radius 1 is 1.26 bits per heavy atom. The minimum atomic E-state index is -0.490. The molecule has 31 heavy (non-hydrogen) atoms. The molecule has 5 rings (SSSR count). The van der Waals surface area contributed by atoms with Crippen LogP contribution in [0.5, 0.6) is 0 Å². The smallest absolute Gasteiger partial charge is 0.124 e. The summed E-state index contributed by atoms with van der Waals surface area (Å²) < 4.78 is 20.3. The molecule has 2 saturated heterocycles. The molecule has 0 amide bonds. The molecule has 2 aliphatic heterocycles. The number of aliphatic hydroxyl groups is 1. The van der Waals surface area contributed by atoms with Gasteiger partial charge in [-0.2, -0.15) is 0 Å². The molecule has 0 spiro atoms. The average molecular weight is 428 g/mol. The van der Waals surface area contributed by atoms with E-state index in [2.05, 4.69) is 28.4 Å². The van der Waals surface area contributed by atoms with Crippen molar-refractivity contribution in [1.82, 2.24) is 5.32 Å². The normalized spacial score (nSPS) is 28.8. The van der Waals surface area contributed by atoms with Gasteiger partial charge in [0, 0.05) is 44.2 Å². The van der Waals surface area contributed by atoms with Crippen LogP contribution < -0.4 is 16.0 Å². The van der Waals surface area contributed by atoms with Crippen LogP contribution >= 0.6 is 0 Å². The largest absolute Gasteiger partial charge is 0.397 e. The number of ether oxygens (including phenoxy) is 1. The number of piperidine rings is 1. The van der Waals surface area contributed by atoms with Gasteiger partial charge in [0.15, 0.2) is 0 Å². The van der Waals surface area contributed by atoms with E-state index in [1.165, 1.54) is 5.56 Å². The molecule has 2 aliphatic carbocycles. The molecule has 0 aromatic heterocycles. The molecule has 0 bridgehead atoms. The van der Waals surface area contributed by atoms with Crippen LogP contribution in [0.3, 0.4) is 0 Å². The van der Waals surface area contributed by atoms with Crippen molar-refractivity contribution in [2.75, 3.05) is 37.7 Å². The Morgan fingerprint density at radius 2 is 2.06 bits per heavy atom. The number of halogens is 1. The highest BCUT2D eigenvalue weighted by molar-refractivity contribution is 5.59. The lowest BCUT2D eigenvalue weighted by Gasteiger charge is -2.41. The second kappa shape index (κ2) is 8.57. The van der Waals surface area contributed by atoms with Crippen molar-refractivity contribution < 1.29 is 14.2 Å². The van der Waals surface area contributed by atoms with Crippen LogP contribution in [0.1, 0.15) is 49.1 Å². The van der Waals surface area contributed by atoms with Crippen molar-refractivity contribution in [3.63, 3.8) is 0 Å². The number of morpholine rings is 1. The highest BCUT2D eigenvalue weighted by Crippen LogP contribution is 2.46. The number of allylic oxidation sites excluding steroid dienone is 3. The minimum Gasteiger partial charge on any atom is -0.397 e. The van der Waals surface area contributed by atoms with Crippen LogP contribution in [-0.4, -0.2) is 49.6 Å². The minimum absolute atomic E-state index is 0.0307. The zero-order valence-corrected chi connectivity index (χ0v) is 18.2. The van der Waals surface area contributed by atoms with E-state index in [0.717, 1.165) is 76.1 Å². The fourth-order valence-electron chi connectivity index (χ4n) is 5.40. The first kappa shape index (κ1) is 21.0. The first-order valence-corrected chi connectivity index (χ1v) is 11.8. The molecule has 2 unspecified atom stereocenters. The maximum Gasteiger partial charge on any atom is 0.124 e. The maximum atomic E-state index is 14.4. The molecule has 1 aromatic carbocycles. The molecule has 3 fully saturated rings. The summed E-state index contributed by atoms with van der Waals surface area (Å²) in [5.41, 5.74) is 9.05. The number of hydrogen-bond donors (Lipinski definition) is 3. The molecule has 4 N–H and O–H groups in total. The van der Waals surface area contributed by atoms with E-state index in [1.54, 1.807) is 6.08 Å². The van der Waals surface area contributed by atoms with E-state index in [9.17, 15) is 9.50 Å². The van der Waals surface area contributed by atoms with E-state index in [4.69, 9.17) is 10.5 Å². The lowest BCUT2D eigenvalue weighted by Crippen LogP contribution is -2.46. The molecular formula is C25H34FN3O2. The highest BCUT2D eigenvalue weighted by Gasteiger charge is 2.45. The Morgan fingerprint density at radius 3 is 2.74 bits per heavy atom. The van der Waals surface area contributed by atoms with E-state index in [1.807, 2.05) is 6.08 Å². The van der Waals surface area contributed by atoms with Gasteiger partial charge in [-0.3, -0.25) is 0 Å². The topological polar surface area (TPSA) is 70.8 Å². The lowest BCUT2D eigenvalue weighted by molar-refractivity contribution is -0.00534. The second-order valence-electron chi connectivity index (χ2n) is 9.69. The first-order chi connectivity index (χ1) is 15.0. The van der Waals surface area contributed by atoms with Crippen LogP contribution in [0.4, 0.5) is 10.1 Å². The molecule has 1 saturated carbocycles. The number of nitrogens with zero attached hydrogens (tertiary/aromatic N) is 1. The third-order valence-corrected chi connectivity index (χ3v) is 7.49. The highest BCUT2D eigenvalue weighted by atomic mass is 19.1. The number of nitrogens with one attached hydrogen (secondary N) is 1. The fourth-order valence-corrected chi connectivity index (χ4v) is 5.40. The molecule has 0 radical (unpaired) electrons. The van der Waals surface area contributed by atoms with Gasteiger partial charge in [-0.05, 0) is 61.3 Å². The summed E-state index contributed by atoms with van der Waals surface area (Å²) in [5, 5.41) is 14.3. The standard InChI is InChI=1S/C25H34FN3O2/c26-22-15-18(2-5-23(22)27)21-14-17(13-20-16-28-9-12-31-20)1-6-24(21)29-10-7-25(30,8-11-29)19-3-4-19/h1-2,5-6,14,18-20,28,30H,3-4,7-13,15-16,27H2. The molecule has 4 aliphatic rings. The van der Waals surface area contributed by atoms with Crippen LogP contribution in [0.25, 0.3) is 0 Å². The second-order valence-corrected chi connectivity index (χ2v) is 9.69. The zero-order valence-electron chi connectivity index (χ0n) is 18.2. The van der Waals surface area contributed by atoms with E-state index >= 15 is 0 Å². The molecule has 6 heteroatoms. The maximum absolute atomic E-state index is 14.4. The van der Waals surface area contributed by atoms with E-state index in [0.29, 0.717) is 12.3 Å². The molecule has 2 heterocycles. The Hall–Kier alpha value is -1.89. The van der Waals surface area contributed by atoms with Gasteiger partial charge in [0.2, 0.25) is 0 Å². The number of anilines is 1. The predicted octanol–water partition coefficient (Wildman–Crippen LogP) is 3.14. The van der Waals surface area contributed by atoms with Crippen molar-refractivity contribution in [2.24, 2.45) is 11.7 Å². The third-order valence-electron chi connectivity index (χ3n) is 7.49. The van der Waals surface area contributed by atoms with Gasteiger partial charge in [0.1, 0.15) is 5.83 Å². The Kier molecular flexibility index (Phi) is 5.80. The summed E-state index contributed by atoms with van der Waals surface area (Å²) in [6, 6.07) is 6.61. The molecule has 5 nitrogen and oxygen atoms in total. The molecule has 168 valence electrons. The molecule has 1 aromatic rings. The van der Waals surface area contributed by atoms with Gasteiger partial charge in [0.25, 0.3) is 0 Å². The number of benzene rings is 1. The number of rotatable bonds is 5. The Balaban J connectivity index is 1.39. The molecule has 2 atom stereocenters. The fraction of sp³-hybridized carbons (Fsp3) is 0.600. The number of hydrogen-bond acceptors (Lipinski definition) is 5. The van der Waals surface area contributed by atoms with Crippen LogP contribution in [-0.2, 0) is 11.2 Å². The van der Waals surface area contributed by atoms with Crippen molar-refractivity contribution in [1.29, 1.82) is 0 Å². The van der Waals surface area contributed by atoms with Gasteiger partial charge in [-0.15, -0.1) is 0 Å². The predicted molar refractivity (Wildman–Crippen MR) is 121 cm³/mol. The summed E-state index contributed by atoms with van der Waals surface area (Å²) in [6.45, 7) is 4.19. The van der Waals surface area contributed by atoms with Gasteiger partial charge in [0.05, 0.1) is 24.0 Å². The Labute approximate surface area is 184 Å². The third kappa shape index (κ3) is 4.52. The van der Waals surface area contributed by atoms with Crippen molar-refractivity contribution >= 4 is 5.69 Å². The van der Waals surface area contributed by atoms with Crippen LogP contribution in [0.2, 0.25) is 0 Å². The van der Waals surface area contributed by atoms with Gasteiger partial charge >= 0.3 is 0 Å². The average Bonchev–Trinajstić information content (AvgIpc) is 3.63. The van der Waals surface area contributed by atoms with E-state index < -0.39 is 5.60 Å². The first-order valence-electron chi connectivity index (χ1n) is 11.8. The van der Waals surface area contributed by atoms with Crippen LogP contribution in [0.15, 0.2) is 41.9 Å². The zero-order chi connectivity index (χ0) is 21.4. The summed E-state index contributed by atoms with van der Waals surface area (Å²) in [4.78, 5) is 2.38. The summed E-state index contributed by atoms with van der Waals surface area (Å²) in [7, 11) is 0. The van der Waals surface area contributed by atoms with Gasteiger partial charge in [-0.1, -0.05) is 18.2 Å². The summed E-state index contributed by atoms with van der Waals surface area (Å²) in [5.74, 6) is 0.228. The summed E-state index contributed by atoms with van der Waals surface area (Å²) in [6.07, 6.45) is 9.00. The monoisotopic (exact) mass is 427 g/mol.